The van der Waals surface area contributed by atoms with E-state index in [0.29, 0.717) is 19.6 Å². The number of rotatable bonds is 8. The highest BCUT2D eigenvalue weighted by molar-refractivity contribution is 5.74. The maximum absolute atomic E-state index is 10.5. The Bertz CT molecular complexity index is 844. The first kappa shape index (κ1) is 17.9. The molecule has 2 aromatic heterocycles. The highest BCUT2D eigenvalue weighted by atomic mass is 16.4. The number of imidazole rings is 1. The van der Waals surface area contributed by atoms with Gasteiger partial charge in [-0.25, -0.2) is 9.78 Å². The molecule has 0 bridgehead atoms. The fraction of sp³-hybridized carbons (Fsp3) is 0.316. The Morgan fingerprint density at radius 2 is 2.08 bits per heavy atom. The van der Waals surface area contributed by atoms with Crippen molar-refractivity contribution < 1.29 is 9.90 Å². The lowest BCUT2D eigenvalue weighted by atomic mass is 10.1. The lowest BCUT2D eigenvalue weighted by Gasteiger charge is -2.17. The minimum absolute atomic E-state index is 0.443. The van der Waals surface area contributed by atoms with Crippen molar-refractivity contribution in [3.05, 3.63) is 59.7 Å². The van der Waals surface area contributed by atoms with Gasteiger partial charge in [0.05, 0.1) is 23.3 Å². The molecule has 0 unspecified atom stereocenters. The molecule has 0 saturated heterocycles. The number of para-hydroxylation sites is 2. The van der Waals surface area contributed by atoms with Gasteiger partial charge in [-0.2, -0.15) is 0 Å². The van der Waals surface area contributed by atoms with Crippen LogP contribution in [-0.4, -0.2) is 44.6 Å². The quantitative estimate of drug-likeness (QED) is 0.541. The summed E-state index contributed by atoms with van der Waals surface area (Å²) in [5.41, 5.74) is 4.18. The van der Waals surface area contributed by atoms with Crippen molar-refractivity contribution in [2.75, 3.05) is 13.6 Å². The van der Waals surface area contributed by atoms with Crippen molar-refractivity contribution in [1.29, 1.82) is 0 Å². The molecule has 0 atom stereocenters. The molecular formula is C19H23N5O2. The van der Waals surface area contributed by atoms with Crippen molar-refractivity contribution in [1.82, 2.24) is 25.2 Å². The van der Waals surface area contributed by atoms with E-state index >= 15 is 0 Å². The van der Waals surface area contributed by atoms with Crippen LogP contribution in [0, 0.1) is 0 Å². The van der Waals surface area contributed by atoms with Crippen molar-refractivity contribution in [2.24, 2.45) is 0 Å². The molecule has 2 heterocycles. The number of benzene rings is 1. The number of aromatic nitrogens is 3. The Balaban J connectivity index is 1.59. The molecule has 136 valence electrons. The molecule has 3 aromatic rings. The van der Waals surface area contributed by atoms with E-state index in [1.807, 2.05) is 37.4 Å². The Morgan fingerprint density at radius 1 is 1.23 bits per heavy atom. The van der Waals surface area contributed by atoms with E-state index in [9.17, 15) is 4.79 Å². The van der Waals surface area contributed by atoms with E-state index < -0.39 is 6.09 Å². The molecule has 0 aliphatic carbocycles. The van der Waals surface area contributed by atoms with Crippen LogP contribution in [0.2, 0.25) is 0 Å². The molecule has 3 rings (SSSR count). The number of H-pyrrole nitrogens is 1. The zero-order chi connectivity index (χ0) is 18.4. The summed E-state index contributed by atoms with van der Waals surface area (Å²) in [7, 11) is 2.04. The number of aromatic amines is 1. The fourth-order valence-corrected chi connectivity index (χ4v) is 2.96. The SMILES string of the molecule is CN(Cc1nc2ccccc2[nH]1)Cc1ncccc1CCCNC(=O)O. The largest absolute Gasteiger partial charge is 0.465 e. The second kappa shape index (κ2) is 8.44. The lowest BCUT2D eigenvalue weighted by Crippen LogP contribution is -2.23. The predicted molar refractivity (Wildman–Crippen MR) is 99.9 cm³/mol. The monoisotopic (exact) mass is 353 g/mol. The summed E-state index contributed by atoms with van der Waals surface area (Å²) in [5.74, 6) is 0.928. The minimum Gasteiger partial charge on any atom is -0.465 e. The molecule has 0 saturated carbocycles. The number of hydrogen-bond donors (Lipinski definition) is 3. The van der Waals surface area contributed by atoms with Gasteiger partial charge in [0.1, 0.15) is 5.82 Å². The molecule has 1 aromatic carbocycles. The van der Waals surface area contributed by atoms with Crippen molar-refractivity contribution in [3.8, 4) is 0 Å². The van der Waals surface area contributed by atoms with Gasteiger partial charge < -0.3 is 15.4 Å². The van der Waals surface area contributed by atoms with Gasteiger partial charge in [-0.1, -0.05) is 18.2 Å². The van der Waals surface area contributed by atoms with Gasteiger partial charge in [0.2, 0.25) is 0 Å². The number of aryl methyl sites for hydroxylation is 1. The average molecular weight is 353 g/mol. The first-order valence-corrected chi connectivity index (χ1v) is 8.63. The van der Waals surface area contributed by atoms with Gasteiger partial charge in [0, 0.05) is 19.3 Å². The fourth-order valence-electron chi connectivity index (χ4n) is 2.96. The second-order valence-corrected chi connectivity index (χ2v) is 6.32. The van der Waals surface area contributed by atoms with Crippen molar-refractivity contribution in [2.45, 2.75) is 25.9 Å². The molecule has 26 heavy (non-hydrogen) atoms. The Labute approximate surface area is 152 Å². The van der Waals surface area contributed by atoms with Gasteiger partial charge >= 0.3 is 6.09 Å². The Hall–Kier alpha value is -2.93. The first-order valence-electron chi connectivity index (χ1n) is 8.63. The molecule has 0 radical (unpaired) electrons. The summed E-state index contributed by atoms with van der Waals surface area (Å²) in [4.78, 5) is 25.2. The summed E-state index contributed by atoms with van der Waals surface area (Å²) in [6.45, 7) is 1.85. The lowest BCUT2D eigenvalue weighted by molar-refractivity contribution is 0.194. The van der Waals surface area contributed by atoms with Gasteiger partial charge in [0.25, 0.3) is 0 Å². The number of hydrogen-bond acceptors (Lipinski definition) is 4. The van der Waals surface area contributed by atoms with Crippen LogP contribution in [0.5, 0.6) is 0 Å². The third kappa shape index (κ3) is 4.80. The second-order valence-electron chi connectivity index (χ2n) is 6.32. The van der Waals surface area contributed by atoms with Crippen LogP contribution in [0.4, 0.5) is 4.79 Å². The summed E-state index contributed by atoms with van der Waals surface area (Å²) in [5, 5.41) is 11.0. The van der Waals surface area contributed by atoms with Crippen LogP contribution >= 0.6 is 0 Å². The molecular weight excluding hydrogens is 330 g/mol. The summed E-state index contributed by atoms with van der Waals surface area (Å²) >= 11 is 0. The van der Waals surface area contributed by atoms with E-state index in [1.165, 1.54) is 0 Å². The molecule has 0 aliphatic heterocycles. The van der Waals surface area contributed by atoms with Crippen molar-refractivity contribution >= 4 is 17.1 Å². The summed E-state index contributed by atoms with van der Waals surface area (Å²) < 4.78 is 0. The van der Waals surface area contributed by atoms with Crippen LogP contribution in [0.3, 0.4) is 0 Å². The third-order valence-electron chi connectivity index (χ3n) is 4.16. The molecule has 7 nitrogen and oxygen atoms in total. The van der Waals surface area contributed by atoms with Crippen LogP contribution in [-0.2, 0) is 19.5 Å². The number of fused-ring (bicyclic) bond motifs is 1. The maximum atomic E-state index is 10.5. The molecule has 1 amide bonds. The number of carbonyl (C=O) groups is 1. The zero-order valence-corrected chi connectivity index (χ0v) is 14.8. The smallest absolute Gasteiger partial charge is 0.404 e. The highest BCUT2D eigenvalue weighted by Gasteiger charge is 2.10. The van der Waals surface area contributed by atoms with Gasteiger partial charge in [-0.15, -0.1) is 0 Å². The minimum atomic E-state index is -0.984. The molecule has 7 heteroatoms. The highest BCUT2D eigenvalue weighted by Crippen LogP contribution is 2.14. The molecule has 3 N–H and O–H groups in total. The zero-order valence-electron chi connectivity index (χ0n) is 14.8. The molecule has 0 fully saturated rings. The number of nitrogens with one attached hydrogen (secondary N) is 2. The predicted octanol–water partition coefficient (Wildman–Crippen LogP) is 2.79. The first-order chi connectivity index (χ1) is 12.6. The van der Waals surface area contributed by atoms with E-state index in [1.54, 1.807) is 6.20 Å². The van der Waals surface area contributed by atoms with Crippen LogP contribution in [0.25, 0.3) is 11.0 Å². The van der Waals surface area contributed by atoms with Crippen molar-refractivity contribution in [3.63, 3.8) is 0 Å². The number of carboxylic acid groups (broad SMARTS) is 1. The van der Waals surface area contributed by atoms with E-state index in [4.69, 9.17) is 5.11 Å². The third-order valence-corrected chi connectivity index (χ3v) is 4.16. The average Bonchev–Trinajstić information content (AvgIpc) is 3.01. The topological polar surface area (TPSA) is 94.1 Å². The maximum Gasteiger partial charge on any atom is 0.404 e. The van der Waals surface area contributed by atoms with Gasteiger partial charge in [-0.3, -0.25) is 9.88 Å². The van der Waals surface area contributed by atoms with Crippen LogP contribution in [0.1, 0.15) is 23.5 Å². The molecule has 0 spiro atoms. The Kier molecular flexibility index (Phi) is 5.80. The Morgan fingerprint density at radius 3 is 2.88 bits per heavy atom. The van der Waals surface area contributed by atoms with E-state index in [0.717, 1.165) is 41.0 Å². The standard InChI is InChI=1S/C19H23N5O2/c1-24(13-18-22-15-8-2-3-9-16(15)23-18)12-17-14(6-4-10-20-17)7-5-11-21-19(25)26/h2-4,6,8-10,21H,5,7,11-13H2,1H3,(H,22,23)(H,25,26). The van der Waals surface area contributed by atoms with Crippen LogP contribution < -0.4 is 5.32 Å². The summed E-state index contributed by atoms with van der Waals surface area (Å²) in [6, 6.07) is 12.0. The summed E-state index contributed by atoms with van der Waals surface area (Å²) in [6.07, 6.45) is 2.35. The normalized spacial score (nSPS) is 11.2. The molecule has 0 aliphatic rings. The van der Waals surface area contributed by atoms with Gasteiger partial charge in [-0.05, 0) is 43.7 Å². The number of amides is 1. The number of nitrogens with zero attached hydrogens (tertiary/aromatic N) is 3. The van der Waals surface area contributed by atoms with E-state index in [-0.39, 0.29) is 0 Å². The van der Waals surface area contributed by atoms with Crippen LogP contribution in [0.15, 0.2) is 42.6 Å². The van der Waals surface area contributed by atoms with E-state index in [2.05, 4.69) is 31.2 Å². The van der Waals surface area contributed by atoms with Gasteiger partial charge in [0.15, 0.2) is 0 Å². The number of pyridine rings is 1.